The van der Waals surface area contributed by atoms with Crippen LogP contribution >= 0.6 is 0 Å². The molecule has 1 saturated heterocycles. The van der Waals surface area contributed by atoms with Gasteiger partial charge in [0, 0.05) is 38.4 Å². The topological polar surface area (TPSA) is 51.0 Å². The van der Waals surface area contributed by atoms with E-state index in [-0.39, 0.29) is 0 Å². The quantitative estimate of drug-likeness (QED) is 0.805. The average Bonchev–Trinajstić information content (AvgIpc) is 3.25. The van der Waals surface area contributed by atoms with E-state index in [4.69, 9.17) is 0 Å². The Morgan fingerprint density at radius 3 is 3.05 bits per heavy atom. The molecule has 1 aromatic heterocycles. The summed E-state index contributed by atoms with van der Waals surface area (Å²) in [5.41, 5.74) is 0. The maximum atomic E-state index is 12.6. The molecule has 0 spiro atoms. The Morgan fingerprint density at radius 2 is 2.18 bits per heavy atom. The summed E-state index contributed by atoms with van der Waals surface area (Å²) in [6.07, 6.45) is 11.8. The molecule has 5 nitrogen and oxygen atoms in total. The summed E-state index contributed by atoms with van der Waals surface area (Å²) in [6, 6.07) is 0. The van der Waals surface area contributed by atoms with Crippen molar-refractivity contribution < 1.29 is 4.79 Å². The molecule has 2 aliphatic heterocycles. The molecule has 3 heterocycles. The number of fused-ring (bicyclic) bond motifs is 1. The molecule has 1 aromatic rings. The molecule has 1 amide bonds. The predicted octanol–water partition coefficient (Wildman–Crippen LogP) is 2.29. The minimum Gasteiger partial charge on any atom is -0.342 e. The van der Waals surface area contributed by atoms with Gasteiger partial charge < -0.3 is 9.47 Å². The van der Waals surface area contributed by atoms with E-state index in [9.17, 15) is 4.79 Å². The van der Waals surface area contributed by atoms with Crippen LogP contribution in [-0.2, 0) is 17.8 Å². The number of rotatable bonds is 3. The highest BCUT2D eigenvalue weighted by Crippen LogP contribution is 2.29. The number of hydrogen-bond acceptors (Lipinski definition) is 3. The Balaban J connectivity index is 1.43. The molecule has 22 heavy (non-hydrogen) atoms. The highest BCUT2D eigenvalue weighted by Gasteiger charge is 2.30. The number of allylic oxidation sites excluding steroid dienone is 2. The second-order valence-electron chi connectivity index (χ2n) is 6.88. The van der Waals surface area contributed by atoms with E-state index in [2.05, 4.69) is 31.8 Å². The number of piperidine rings is 1. The number of aromatic nitrogens is 3. The van der Waals surface area contributed by atoms with E-state index in [1.165, 1.54) is 6.42 Å². The van der Waals surface area contributed by atoms with Crippen LogP contribution in [0.3, 0.4) is 0 Å². The van der Waals surface area contributed by atoms with E-state index < -0.39 is 0 Å². The Bertz CT molecular complexity index is 591. The van der Waals surface area contributed by atoms with Crippen molar-refractivity contribution in [2.45, 2.75) is 57.4 Å². The molecule has 0 aromatic carbocycles. The molecule has 1 fully saturated rings. The van der Waals surface area contributed by atoms with Crippen molar-refractivity contribution in [1.82, 2.24) is 19.7 Å². The monoisotopic (exact) mass is 300 g/mol. The molecule has 2 unspecified atom stereocenters. The van der Waals surface area contributed by atoms with Crippen LogP contribution < -0.4 is 0 Å². The van der Waals surface area contributed by atoms with Gasteiger partial charge >= 0.3 is 0 Å². The minimum absolute atomic E-state index is 0.322. The van der Waals surface area contributed by atoms with E-state index in [0.717, 1.165) is 63.4 Å². The number of hydrogen-bond donors (Lipinski definition) is 0. The van der Waals surface area contributed by atoms with Gasteiger partial charge in [0.2, 0.25) is 5.91 Å². The first-order valence-corrected chi connectivity index (χ1v) is 8.67. The number of aryl methyl sites for hydroxylation is 1. The standard InChI is InChI=1S/C17H24N4O/c22-16(11-13-5-1-2-6-13)20-9-3-7-14(12-20)17-19-18-15-8-4-10-21(15)17/h1,5,13-14H,2-4,6-12H2. The zero-order valence-corrected chi connectivity index (χ0v) is 13.1. The molecule has 0 saturated carbocycles. The van der Waals surface area contributed by atoms with Crippen molar-refractivity contribution in [1.29, 1.82) is 0 Å². The Morgan fingerprint density at radius 1 is 1.23 bits per heavy atom. The summed E-state index contributed by atoms with van der Waals surface area (Å²) in [5, 5.41) is 8.75. The lowest BCUT2D eigenvalue weighted by Crippen LogP contribution is -2.40. The zero-order valence-electron chi connectivity index (χ0n) is 13.1. The zero-order chi connectivity index (χ0) is 14.9. The number of likely N-dealkylation sites (tertiary alicyclic amines) is 1. The van der Waals surface area contributed by atoms with Gasteiger partial charge in [-0.1, -0.05) is 12.2 Å². The molecular formula is C17H24N4O. The fourth-order valence-corrected chi connectivity index (χ4v) is 4.11. The molecule has 0 bridgehead atoms. The van der Waals surface area contributed by atoms with E-state index in [1.54, 1.807) is 0 Å². The molecule has 1 aliphatic carbocycles. The fraction of sp³-hybridized carbons (Fsp3) is 0.706. The molecule has 0 N–H and O–H groups in total. The summed E-state index contributed by atoms with van der Waals surface area (Å²) in [4.78, 5) is 14.6. The van der Waals surface area contributed by atoms with Crippen LogP contribution in [0.25, 0.3) is 0 Å². The van der Waals surface area contributed by atoms with Gasteiger partial charge in [-0.05, 0) is 38.0 Å². The maximum absolute atomic E-state index is 12.6. The third-order valence-electron chi connectivity index (χ3n) is 5.33. The Hall–Kier alpha value is -1.65. The third-order valence-corrected chi connectivity index (χ3v) is 5.33. The van der Waals surface area contributed by atoms with Gasteiger partial charge in [-0.3, -0.25) is 4.79 Å². The molecule has 0 radical (unpaired) electrons. The lowest BCUT2D eigenvalue weighted by atomic mass is 9.95. The highest BCUT2D eigenvalue weighted by molar-refractivity contribution is 5.77. The number of nitrogens with zero attached hydrogens (tertiary/aromatic N) is 4. The Kier molecular flexibility index (Phi) is 3.72. The van der Waals surface area contributed by atoms with E-state index in [0.29, 0.717) is 24.2 Å². The van der Waals surface area contributed by atoms with Gasteiger partial charge in [-0.2, -0.15) is 0 Å². The van der Waals surface area contributed by atoms with Crippen LogP contribution in [0, 0.1) is 5.92 Å². The van der Waals surface area contributed by atoms with Crippen LogP contribution in [0.15, 0.2) is 12.2 Å². The third kappa shape index (κ3) is 2.57. The van der Waals surface area contributed by atoms with Crippen molar-refractivity contribution in [2.75, 3.05) is 13.1 Å². The smallest absolute Gasteiger partial charge is 0.223 e. The van der Waals surface area contributed by atoms with Crippen LogP contribution in [0.2, 0.25) is 0 Å². The Labute approximate surface area is 131 Å². The van der Waals surface area contributed by atoms with Crippen molar-refractivity contribution in [3.05, 3.63) is 23.8 Å². The molecule has 4 rings (SSSR count). The summed E-state index contributed by atoms with van der Waals surface area (Å²) >= 11 is 0. The second-order valence-corrected chi connectivity index (χ2v) is 6.88. The van der Waals surface area contributed by atoms with Crippen molar-refractivity contribution in [2.24, 2.45) is 5.92 Å². The van der Waals surface area contributed by atoms with Crippen molar-refractivity contribution in [3.63, 3.8) is 0 Å². The largest absolute Gasteiger partial charge is 0.342 e. The molecular weight excluding hydrogens is 276 g/mol. The lowest BCUT2D eigenvalue weighted by Gasteiger charge is -2.33. The minimum atomic E-state index is 0.322. The van der Waals surface area contributed by atoms with Crippen molar-refractivity contribution >= 4 is 5.91 Å². The molecule has 5 heteroatoms. The van der Waals surface area contributed by atoms with Crippen LogP contribution in [-0.4, -0.2) is 38.7 Å². The first-order chi connectivity index (χ1) is 10.8. The first-order valence-electron chi connectivity index (χ1n) is 8.67. The summed E-state index contributed by atoms with van der Waals surface area (Å²) < 4.78 is 2.29. The summed E-state index contributed by atoms with van der Waals surface area (Å²) in [7, 11) is 0. The van der Waals surface area contributed by atoms with Crippen LogP contribution in [0.4, 0.5) is 0 Å². The first kappa shape index (κ1) is 14.0. The van der Waals surface area contributed by atoms with E-state index >= 15 is 0 Å². The second kappa shape index (κ2) is 5.86. The number of amides is 1. The summed E-state index contributed by atoms with van der Waals surface area (Å²) in [6.45, 7) is 2.79. The average molecular weight is 300 g/mol. The highest BCUT2D eigenvalue weighted by atomic mass is 16.2. The molecule has 2 atom stereocenters. The van der Waals surface area contributed by atoms with Gasteiger partial charge in [-0.25, -0.2) is 0 Å². The van der Waals surface area contributed by atoms with Gasteiger partial charge in [0.1, 0.15) is 11.6 Å². The summed E-state index contributed by atoms with van der Waals surface area (Å²) in [5.74, 6) is 3.41. The van der Waals surface area contributed by atoms with Crippen LogP contribution in [0.5, 0.6) is 0 Å². The maximum Gasteiger partial charge on any atom is 0.223 e. The van der Waals surface area contributed by atoms with Gasteiger partial charge in [0.05, 0.1) is 0 Å². The van der Waals surface area contributed by atoms with Crippen molar-refractivity contribution in [3.8, 4) is 0 Å². The van der Waals surface area contributed by atoms with Crippen LogP contribution in [0.1, 0.15) is 56.1 Å². The normalized spacial score (nSPS) is 27.4. The van der Waals surface area contributed by atoms with Gasteiger partial charge in [0.25, 0.3) is 0 Å². The van der Waals surface area contributed by atoms with E-state index in [1.807, 2.05) is 0 Å². The van der Waals surface area contributed by atoms with Gasteiger partial charge in [0.15, 0.2) is 0 Å². The van der Waals surface area contributed by atoms with Gasteiger partial charge in [-0.15, -0.1) is 10.2 Å². The number of carbonyl (C=O) groups is 1. The molecule has 3 aliphatic rings. The molecule has 118 valence electrons. The predicted molar refractivity (Wildman–Crippen MR) is 83.4 cm³/mol. The fourth-order valence-electron chi connectivity index (χ4n) is 4.11. The number of carbonyl (C=O) groups excluding carboxylic acids is 1. The SMILES string of the molecule is O=C(CC1C=CCC1)N1CCCC(c2nnc3n2CCC3)C1. The lowest BCUT2D eigenvalue weighted by molar-refractivity contribution is -0.133.